The van der Waals surface area contributed by atoms with Gasteiger partial charge in [-0.25, -0.2) is 73.4 Å². The number of carbonyl (C=O) groups is 3. The molecule has 7 aliphatic heterocycles. The molecule has 1 N–H and O–H groups in total. The van der Waals surface area contributed by atoms with Crippen LogP contribution in [-0.4, -0.2) is 175 Å². The van der Waals surface area contributed by atoms with Crippen molar-refractivity contribution in [1.29, 1.82) is 0 Å². The maximum Gasteiger partial charge on any atom is 0.416 e. The average Bonchev–Trinajstić information content (AvgIpc) is 1.34. The molecule has 11 aromatic rings. The molecule has 27 nitrogen and oxygen atoms in total. The number of amides is 3. The van der Waals surface area contributed by atoms with Crippen LogP contribution in [0.5, 0.6) is 17.6 Å². The summed E-state index contributed by atoms with van der Waals surface area (Å²) >= 11 is 0. The highest BCUT2D eigenvalue weighted by Gasteiger charge is 2.46. The van der Waals surface area contributed by atoms with Crippen LogP contribution in [0.15, 0.2) is 152 Å². The van der Waals surface area contributed by atoms with Gasteiger partial charge in [0.2, 0.25) is 47.3 Å². The van der Waals surface area contributed by atoms with Gasteiger partial charge in [0.25, 0.3) is 0 Å². The molecule has 13 heterocycles. The topological polar surface area (TPSA) is 276 Å². The van der Waals surface area contributed by atoms with Gasteiger partial charge in [0, 0.05) is 100 Å². The number of cyclic esters (lactones) is 3. The minimum Gasteiger partial charge on any atom is -0.481 e. The number of nitrogens with one attached hydrogen (secondary N) is 1. The fourth-order valence-electron chi connectivity index (χ4n) is 18.4. The molecule has 0 radical (unpaired) electrons. The number of hydrogen-bond donors (Lipinski definition) is 1. The Morgan fingerprint density at radius 1 is 0.426 bits per heavy atom. The van der Waals surface area contributed by atoms with E-state index in [1.165, 1.54) is 24.0 Å². The number of nitrogens with zero attached hydrogens (tertiary/aromatic N) is 16. The molecule has 3 amide bonds. The zero-order chi connectivity index (χ0) is 97.1. The van der Waals surface area contributed by atoms with E-state index >= 15 is 0 Å². The lowest BCUT2D eigenvalue weighted by Crippen LogP contribution is -2.49. The monoisotopic (exact) mass is 1870 g/mol. The summed E-state index contributed by atoms with van der Waals surface area (Å²) in [4.78, 5) is 92.1. The number of carbonyl (C=O) groups excluding carboxylic acids is 3. The van der Waals surface area contributed by atoms with Crippen LogP contribution < -0.4 is 34.3 Å². The summed E-state index contributed by atoms with van der Waals surface area (Å²) in [7, 11) is 4.61. The van der Waals surface area contributed by atoms with Crippen molar-refractivity contribution < 1.29 is 82.7 Å². The van der Waals surface area contributed by atoms with Gasteiger partial charge in [-0.1, -0.05) is 84.1 Å². The SMILES string of the molecule is C=C1NN=C(c2cc(C)c(-c3cnc(OC)c(-c4cnc(N5CC(F)C5)nc4CN4C(=O)O[C@H](c5cc(C)cc(C(F)(F)F)c5)[C@@H]4C)c3)c(C)c2)O1.COc1ncc(-c2c(C)cc(C)cc2C)cc1-c1cnc(N2CC(F)C2)nc1CN1C(=O)O[C@H](c2cc(C)cc(C(F)(F)F)c2)[C@@H]1C.COc1ncc(C(C)C)cc1-c1cnc(N2CCC2)nc1CN1C(=O)O[C@H](c2cc(C)cc(C)c2)[C@@H]1C. The van der Waals surface area contributed by atoms with Crippen LogP contribution >= 0.6 is 0 Å². The van der Waals surface area contributed by atoms with Gasteiger partial charge >= 0.3 is 30.6 Å². The first-order valence-corrected chi connectivity index (χ1v) is 44.7. The molecule has 136 heavy (non-hydrogen) atoms. The zero-order valence-electron chi connectivity index (χ0n) is 78.4. The zero-order valence-corrected chi connectivity index (χ0v) is 78.4. The van der Waals surface area contributed by atoms with E-state index in [0.29, 0.717) is 92.7 Å². The lowest BCUT2D eigenvalue weighted by Gasteiger charge is -2.34. The maximum atomic E-state index is 13.9. The Bertz CT molecular complexity index is 6460. The smallest absolute Gasteiger partial charge is 0.416 e. The first kappa shape index (κ1) is 95.0. The van der Waals surface area contributed by atoms with Crippen molar-refractivity contribution in [2.45, 2.75) is 190 Å². The second-order valence-corrected chi connectivity index (χ2v) is 36.0. The fraction of sp³-hybridized carbons (Fsp3) is 0.376. The standard InChI is InChI=1S/C37H35F4N7O4.C35H35F4N5O3.C29H35N5O3/c1-18-7-23(11-26(8-18)37(39,40)41)32-21(4)48(36(49)52-32)17-30-29(14-43-35(44-30)47-15-27(38)16-47)28-12-25(13-42-34(28)50-6)31-19(2)9-24(10-20(31)3)33-46-45-22(5)51-33;1-18-7-20(3)30(21(4)8-18)24-12-27(32(46-6)40-13-24)28-14-41-33(43-15-26(36)16-43)42-29(28)17-44-22(5)31(47-34(44)45)23-9-19(2)10-25(11-23)35(37,38)39;1-17(2)22-13-23(27(36-6)30-14-22)24-15-31-28(33-8-7-9-33)32-25(24)16-34-20(5)26(37-29(34)35)21-11-18(3)10-19(4)12-21/h7-14,21,27,32,45H,5,15-17H2,1-4,6H3;7-14,22,26,31H,15-17H2,1-6H3;10-15,17,20,26H,7-9,16H2,1-6H3/t21-,32-;22-,31-;20-,26-/m000/s1. The highest BCUT2D eigenvalue weighted by atomic mass is 19.4. The minimum absolute atomic E-state index is 0.0534. The van der Waals surface area contributed by atoms with Gasteiger partial charge in [-0.2, -0.15) is 26.3 Å². The molecule has 6 atom stereocenters. The summed E-state index contributed by atoms with van der Waals surface area (Å²) in [5.74, 6) is 3.39. The van der Waals surface area contributed by atoms with E-state index in [9.17, 15) is 49.5 Å². The number of benzene rings is 5. The van der Waals surface area contributed by atoms with Crippen molar-refractivity contribution >= 4 is 42.0 Å². The van der Waals surface area contributed by atoms with E-state index in [1.807, 2.05) is 78.2 Å². The molecule has 0 aliphatic carbocycles. The molecule has 6 saturated heterocycles. The van der Waals surface area contributed by atoms with Gasteiger partial charge in [-0.15, -0.1) is 5.10 Å². The highest BCUT2D eigenvalue weighted by molar-refractivity contribution is 5.97. The van der Waals surface area contributed by atoms with Crippen molar-refractivity contribution in [3.63, 3.8) is 0 Å². The molecule has 5 aromatic carbocycles. The van der Waals surface area contributed by atoms with Gasteiger partial charge in [0.15, 0.2) is 0 Å². The van der Waals surface area contributed by atoms with Gasteiger partial charge in [0.1, 0.15) is 30.7 Å². The predicted molar refractivity (Wildman–Crippen MR) is 496 cm³/mol. The number of pyridine rings is 3. The largest absolute Gasteiger partial charge is 0.481 e. The lowest BCUT2D eigenvalue weighted by atomic mass is 9.92. The average molecular weight is 1870 g/mol. The lowest BCUT2D eigenvalue weighted by molar-refractivity contribution is -0.138. The molecule has 6 aromatic heterocycles. The number of hydrogen-bond acceptors (Lipinski definition) is 24. The summed E-state index contributed by atoms with van der Waals surface area (Å²) < 4.78 is 149. The van der Waals surface area contributed by atoms with Crippen molar-refractivity contribution in [3.8, 4) is 73.3 Å². The Morgan fingerprint density at radius 2 is 0.772 bits per heavy atom. The summed E-state index contributed by atoms with van der Waals surface area (Å²) in [5, 5.41) is 4.18. The van der Waals surface area contributed by atoms with Crippen molar-refractivity contribution in [2.24, 2.45) is 5.10 Å². The molecule has 18 rings (SSSR count). The van der Waals surface area contributed by atoms with Crippen LogP contribution in [0.2, 0.25) is 0 Å². The second kappa shape index (κ2) is 38.3. The van der Waals surface area contributed by atoms with E-state index in [1.54, 1.807) is 86.4 Å². The summed E-state index contributed by atoms with van der Waals surface area (Å²) in [6.45, 7) is 33.3. The third kappa shape index (κ3) is 19.7. The number of aryl methyl sites for hydroxylation is 9. The number of ether oxygens (including phenoxy) is 7. The quantitative estimate of drug-likeness (QED) is 0.0487. The van der Waals surface area contributed by atoms with Gasteiger partial charge < -0.3 is 47.9 Å². The summed E-state index contributed by atoms with van der Waals surface area (Å²) in [6.07, 6.45) is -3.68. The van der Waals surface area contributed by atoms with Gasteiger partial charge in [0.05, 0.1) is 113 Å². The maximum absolute atomic E-state index is 13.9. The number of alkyl halides is 8. The molecular formula is C101H105F8N17O10. The number of aromatic nitrogens is 9. The molecule has 0 spiro atoms. The van der Waals surface area contributed by atoms with E-state index in [4.69, 9.17) is 48.1 Å². The minimum atomic E-state index is -4.57. The molecule has 0 unspecified atom stereocenters. The Hall–Kier alpha value is -14.2. The summed E-state index contributed by atoms with van der Waals surface area (Å²) in [5.41, 5.74) is 21.6. The molecule has 35 heteroatoms. The number of rotatable bonds is 22. The van der Waals surface area contributed by atoms with E-state index in [-0.39, 0.29) is 80.5 Å². The molecule has 6 fully saturated rings. The molecule has 7 aliphatic rings. The molecule has 0 saturated carbocycles. The fourth-order valence-corrected chi connectivity index (χ4v) is 18.4. The first-order valence-electron chi connectivity index (χ1n) is 44.7. The van der Waals surface area contributed by atoms with Crippen LogP contribution in [0, 0.1) is 62.3 Å². The first-order chi connectivity index (χ1) is 64.7. The van der Waals surface area contributed by atoms with Gasteiger partial charge in [-0.3, -0.25) is 14.7 Å². The van der Waals surface area contributed by atoms with Crippen molar-refractivity contribution in [1.82, 2.24) is 65.0 Å². The Kier molecular flexibility index (Phi) is 26.8. The predicted octanol–water partition coefficient (Wildman–Crippen LogP) is 20.4. The van der Waals surface area contributed by atoms with Crippen LogP contribution in [0.3, 0.4) is 0 Å². The van der Waals surface area contributed by atoms with Crippen molar-refractivity contribution in [2.75, 3.05) is 75.3 Å². The summed E-state index contributed by atoms with van der Waals surface area (Å²) in [6, 6.07) is 26.2. The Balaban J connectivity index is 0.000000150. The highest BCUT2D eigenvalue weighted by Crippen LogP contribution is 2.47. The number of methoxy groups -OCH3 is 3. The normalized spacial score (nSPS) is 18.8. The van der Waals surface area contributed by atoms with Crippen LogP contribution in [0.1, 0.15) is 171 Å². The van der Waals surface area contributed by atoms with Crippen molar-refractivity contribution in [3.05, 3.63) is 253 Å². The van der Waals surface area contributed by atoms with Gasteiger partial charge in [-0.05, 0) is 212 Å². The van der Waals surface area contributed by atoms with Crippen LogP contribution in [-0.2, 0) is 50.9 Å². The van der Waals surface area contributed by atoms with Crippen LogP contribution in [0.4, 0.5) is 67.4 Å². The molecule has 0 bridgehead atoms. The second-order valence-electron chi connectivity index (χ2n) is 36.0. The van der Waals surface area contributed by atoms with E-state index in [2.05, 4.69) is 116 Å². The van der Waals surface area contributed by atoms with Crippen LogP contribution in [0.25, 0.3) is 55.6 Å². The number of hydrazone groups is 1. The number of anilines is 3. The Morgan fingerprint density at radius 3 is 1.11 bits per heavy atom. The third-order valence-corrected chi connectivity index (χ3v) is 25.4. The third-order valence-electron chi connectivity index (χ3n) is 25.4. The number of halogens is 8. The van der Waals surface area contributed by atoms with E-state index in [0.717, 1.165) is 138 Å². The Labute approximate surface area is 782 Å². The molecule has 710 valence electrons. The van der Waals surface area contributed by atoms with E-state index < -0.39 is 72.3 Å². The molecular weight excluding hydrogens is 1760 g/mol.